The number of hydrogen-bond acceptors (Lipinski definition) is 4. The van der Waals surface area contributed by atoms with Gasteiger partial charge in [0.1, 0.15) is 0 Å². The van der Waals surface area contributed by atoms with Crippen LogP contribution >= 0.6 is 0 Å². The first-order chi connectivity index (χ1) is 7.83. The van der Waals surface area contributed by atoms with Crippen molar-refractivity contribution < 1.29 is 4.74 Å². The summed E-state index contributed by atoms with van der Waals surface area (Å²) in [5, 5.41) is 3.43. The second-order valence-electron chi connectivity index (χ2n) is 4.59. The van der Waals surface area contributed by atoms with Gasteiger partial charge in [0.2, 0.25) is 0 Å². The molecule has 1 fully saturated rings. The number of ether oxygens (including phenoxy) is 1. The second-order valence-corrected chi connectivity index (χ2v) is 4.59. The highest BCUT2D eigenvalue weighted by Crippen LogP contribution is 1.96. The van der Waals surface area contributed by atoms with Crippen LogP contribution < -0.4 is 5.32 Å². The highest BCUT2D eigenvalue weighted by molar-refractivity contribution is 4.67. The molecule has 0 unspecified atom stereocenters. The van der Waals surface area contributed by atoms with E-state index in [4.69, 9.17) is 4.74 Å². The van der Waals surface area contributed by atoms with Gasteiger partial charge in [-0.3, -0.25) is 0 Å². The van der Waals surface area contributed by atoms with Crippen LogP contribution in [0.4, 0.5) is 0 Å². The molecule has 16 heavy (non-hydrogen) atoms. The fourth-order valence-corrected chi connectivity index (χ4v) is 2.03. The lowest BCUT2D eigenvalue weighted by Gasteiger charge is -2.23. The Morgan fingerprint density at radius 2 is 2.12 bits per heavy atom. The zero-order chi connectivity index (χ0) is 11.6. The molecular weight excluding hydrogens is 202 g/mol. The van der Waals surface area contributed by atoms with Crippen LogP contribution in [0.2, 0.25) is 0 Å². The zero-order valence-electron chi connectivity index (χ0n) is 10.9. The minimum absolute atomic E-state index is 0.873. The van der Waals surface area contributed by atoms with Crippen molar-refractivity contribution in [3.63, 3.8) is 0 Å². The van der Waals surface area contributed by atoms with E-state index in [2.05, 4.69) is 22.2 Å². The van der Waals surface area contributed by atoms with E-state index in [9.17, 15) is 0 Å². The molecule has 0 amide bonds. The van der Waals surface area contributed by atoms with Gasteiger partial charge in [-0.25, -0.2) is 0 Å². The van der Waals surface area contributed by atoms with Crippen molar-refractivity contribution in [1.82, 2.24) is 15.1 Å². The Balaban J connectivity index is 2.03. The SMILES string of the molecule is COCCCN(C)CCN1CCCNCC1. The molecule has 0 atom stereocenters. The van der Waals surface area contributed by atoms with E-state index in [1.165, 1.54) is 39.1 Å². The van der Waals surface area contributed by atoms with E-state index < -0.39 is 0 Å². The summed E-state index contributed by atoms with van der Waals surface area (Å²) in [7, 11) is 3.97. The van der Waals surface area contributed by atoms with E-state index in [-0.39, 0.29) is 0 Å². The minimum atomic E-state index is 0.873. The minimum Gasteiger partial charge on any atom is -0.385 e. The van der Waals surface area contributed by atoms with Crippen LogP contribution in [0.3, 0.4) is 0 Å². The number of rotatable bonds is 7. The first-order valence-electron chi connectivity index (χ1n) is 6.43. The van der Waals surface area contributed by atoms with Gasteiger partial charge in [0, 0.05) is 46.4 Å². The molecule has 0 bridgehead atoms. The molecule has 0 saturated carbocycles. The summed E-state index contributed by atoms with van der Waals surface area (Å²) >= 11 is 0. The molecule has 0 aromatic heterocycles. The maximum Gasteiger partial charge on any atom is 0.0474 e. The lowest BCUT2D eigenvalue weighted by atomic mass is 10.3. The first-order valence-corrected chi connectivity index (χ1v) is 6.43. The molecule has 4 heteroatoms. The van der Waals surface area contributed by atoms with Gasteiger partial charge in [0.15, 0.2) is 0 Å². The molecule has 1 heterocycles. The monoisotopic (exact) mass is 229 g/mol. The maximum absolute atomic E-state index is 5.06. The summed E-state index contributed by atoms with van der Waals surface area (Å²) in [6, 6.07) is 0. The summed E-state index contributed by atoms with van der Waals surface area (Å²) in [5.74, 6) is 0. The van der Waals surface area contributed by atoms with Gasteiger partial charge >= 0.3 is 0 Å². The fraction of sp³-hybridized carbons (Fsp3) is 1.00. The number of nitrogens with one attached hydrogen (secondary N) is 1. The van der Waals surface area contributed by atoms with Crippen LogP contribution in [0.1, 0.15) is 12.8 Å². The van der Waals surface area contributed by atoms with Crippen LogP contribution in [-0.4, -0.2) is 76.4 Å². The number of hydrogen-bond donors (Lipinski definition) is 1. The molecular formula is C12H27N3O. The van der Waals surface area contributed by atoms with Gasteiger partial charge in [0.05, 0.1) is 0 Å². The smallest absolute Gasteiger partial charge is 0.0474 e. The van der Waals surface area contributed by atoms with Gasteiger partial charge in [-0.15, -0.1) is 0 Å². The molecule has 0 aromatic rings. The largest absolute Gasteiger partial charge is 0.385 e. The number of nitrogens with zero attached hydrogens (tertiary/aromatic N) is 2. The van der Waals surface area contributed by atoms with Gasteiger partial charge in [-0.05, 0) is 33.0 Å². The van der Waals surface area contributed by atoms with Crippen LogP contribution in [0, 0.1) is 0 Å². The van der Waals surface area contributed by atoms with Gasteiger partial charge in [-0.1, -0.05) is 0 Å². The standard InChI is InChI=1S/C12H27N3O/c1-14(7-4-12-16-2)10-11-15-8-3-5-13-6-9-15/h13H,3-12H2,1-2H3. The topological polar surface area (TPSA) is 27.7 Å². The maximum atomic E-state index is 5.06. The fourth-order valence-electron chi connectivity index (χ4n) is 2.03. The van der Waals surface area contributed by atoms with Crippen molar-refractivity contribution in [2.75, 3.05) is 66.6 Å². The van der Waals surface area contributed by atoms with Gasteiger partial charge < -0.3 is 19.9 Å². The Labute approximate surface area is 99.9 Å². The summed E-state index contributed by atoms with van der Waals surface area (Å²) in [6.07, 6.45) is 2.42. The van der Waals surface area contributed by atoms with Crippen LogP contribution in [0.5, 0.6) is 0 Å². The summed E-state index contributed by atoms with van der Waals surface area (Å²) in [4.78, 5) is 4.96. The summed E-state index contributed by atoms with van der Waals surface area (Å²) in [6.45, 7) is 9.16. The molecule has 1 aliphatic rings. The van der Waals surface area contributed by atoms with E-state index in [0.29, 0.717) is 0 Å². The summed E-state index contributed by atoms with van der Waals surface area (Å²) in [5.41, 5.74) is 0. The Morgan fingerprint density at radius 3 is 2.94 bits per heavy atom. The average molecular weight is 229 g/mol. The molecule has 0 radical (unpaired) electrons. The predicted octanol–water partition coefficient (Wildman–Crippen LogP) is 0.250. The molecule has 1 N–H and O–H groups in total. The van der Waals surface area contributed by atoms with Crippen molar-refractivity contribution in [2.45, 2.75) is 12.8 Å². The van der Waals surface area contributed by atoms with E-state index in [0.717, 1.165) is 26.1 Å². The van der Waals surface area contributed by atoms with Crippen LogP contribution in [0.15, 0.2) is 0 Å². The zero-order valence-corrected chi connectivity index (χ0v) is 10.9. The average Bonchev–Trinajstić information content (AvgIpc) is 2.55. The van der Waals surface area contributed by atoms with E-state index >= 15 is 0 Å². The molecule has 1 saturated heterocycles. The predicted molar refractivity (Wildman–Crippen MR) is 67.9 cm³/mol. The Hall–Kier alpha value is -0.160. The highest BCUT2D eigenvalue weighted by atomic mass is 16.5. The van der Waals surface area contributed by atoms with Gasteiger partial charge in [-0.2, -0.15) is 0 Å². The van der Waals surface area contributed by atoms with Gasteiger partial charge in [0.25, 0.3) is 0 Å². The molecule has 0 aromatic carbocycles. The van der Waals surface area contributed by atoms with Crippen molar-refractivity contribution in [3.8, 4) is 0 Å². The van der Waals surface area contributed by atoms with E-state index in [1.54, 1.807) is 7.11 Å². The molecule has 96 valence electrons. The quantitative estimate of drug-likeness (QED) is 0.633. The third-order valence-corrected chi connectivity index (χ3v) is 3.12. The number of methoxy groups -OCH3 is 1. The van der Waals surface area contributed by atoms with Crippen LogP contribution in [-0.2, 0) is 4.74 Å². The second kappa shape index (κ2) is 8.93. The van der Waals surface area contributed by atoms with Crippen molar-refractivity contribution >= 4 is 0 Å². The molecule has 1 rings (SSSR count). The first kappa shape index (κ1) is 13.9. The molecule has 0 spiro atoms. The third-order valence-electron chi connectivity index (χ3n) is 3.12. The molecule has 1 aliphatic heterocycles. The Bertz CT molecular complexity index is 158. The highest BCUT2D eigenvalue weighted by Gasteiger charge is 2.08. The van der Waals surface area contributed by atoms with Crippen LogP contribution in [0.25, 0.3) is 0 Å². The van der Waals surface area contributed by atoms with E-state index in [1.807, 2.05) is 0 Å². The van der Waals surface area contributed by atoms with Crippen molar-refractivity contribution in [1.29, 1.82) is 0 Å². The third kappa shape index (κ3) is 6.43. The Kier molecular flexibility index (Phi) is 7.76. The lowest BCUT2D eigenvalue weighted by Crippen LogP contribution is -2.35. The Morgan fingerprint density at radius 1 is 1.25 bits per heavy atom. The van der Waals surface area contributed by atoms with Crippen molar-refractivity contribution in [3.05, 3.63) is 0 Å². The van der Waals surface area contributed by atoms with Crippen molar-refractivity contribution in [2.24, 2.45) is 0 Å². The lowest BCUT2D eigenvalue weighted by molar-refractivity contribution is 0.173. The normalized spacial score (nSPS) is 18.9. The molecule has 4 nitrogen and oxygen atoms in total. The molecule has 0 aliphatic carbocycles. The number of likely N-dealkylation sites (N-methyl/N-ethyl adjacent to an activating group) is 1. The summed E-state index contributed by atoms with van der Waals surface area (Å²) < 4.78 is 5.06.